The maximum Gasteiger partial charge on any atom is 0.425 e. The highest BCUT2D eigenvalue weighted by atomic mass is 19.4. The highest BCUT2D eigenvalue weighted by Gasteiger charge is 2.59. The third-order valence-corrected chi connectivity index (χ3v) is 2.61. The lowest BCUT2D eigenvalue weighted by atomic mass is 10.00. The smallest absolute Gasteiger partial charge is 0.302 e. The van der Waals surface area contributed by atoms with E-state index < -0.39 is 24.3 Å². The van der Waals surface area contributed by atoms with Gasteiger partial charge in [0.1, 0.15) is 0 Å². The van der Waals surface area contributed by atoms with E-state index in [1.807, 2.05) is 0 Å². The maximum absolute atomic E-state index is 12.7. The van der Waals surface area contributed by atoms with Crippen LogP contribution in [0, 0.1) is 0 Å². The molecule has 0 spiro atoms. The molecule has 1 aliphatic heterocycles. The van der Waals surface area contributed by atoms with Gasteiger partial charge in [-0.15, -0.1) is 0 Å². The normalized spacial score (nSPS) is 28.7. The zero-order valence-electron chi connectivity index (χ0n) is 8.43. The minimum atomic E-state index is -4.68. The first-order valence-electron chi connectivity index (χ1n) is 4.16. The van der Waals surface area contributed by atoms with Crippen LogP contribution in [0.15, 0.2) is 12.3 Å². The third kappa shape index (κ3) is 1.56. The number of carbonyl (C=O) groups is 1. The van der Waals surface area contributed by atoms with Crippen LogP contribution in [0.4, 0.5) is 18.0 Å². The minimum absolute atomic E-state index is 0.0536. The molecule has 1 atom stereocenters. The Kier molecular flexibility index (Phi) is 2.47. The van der Waals surface area contributed by atoms with Crippen LogP contribution in [0.1, 0.15) is 6.42 Å². The molecule has 0 radical (unpaired) electrons. The van der Waals surface area contributed by atoms with Crippen molar-refractivity contribution >= 4 is 6.03 Å². The summed E-state index contributed by atoms with van der Waals surface area (Å²) in [5, 5.41) is 0. The van der Waals surface area contributed by atoms with Crippen LogP contribution in [0.25, 0.3) is 0 Å². The van der Waals surface area contributed by atoms with Gasteiger partial charge in [-0.05, 0) is 0 Å². The molecular weight excluding hydrogens is 211 g/mol. The second kappa shape index (κ2) is 3.13. The minimum Gasteiger partial charge on any atom is -0.302 e. The summed E-state index contributed by atoms with van der Waals surface area (Å²) in [6.07, 6.45) is -5.20. The predicted molar refractivity (Wildman–Crippen MR) is 47.7 cm³/mol. The predicted octanol–water partition coefficient (Wildman–Crippen LogP) is 1.10. The van der Waals surface area contributed by atoms with E-state index in [0.29, 0.717) is 4.90 Å². The van der Waals surface area contributed by atoms with Gasteiger partial charge in [0.2, 0.25) is 0 Å². The summed E-state index contributed by atoms with van der Waals surface area (Å²) in [6, 6.07) is -0.814. The van der Waals surface area contributed by atoms with Gasteiger partial charge in [-0.3, -0.25) is 0 Å². The number of nitrogens with zero attached hydrogens (tertiary/aromatic N) is 2. The Labute approximate surface area is 85.1 Å². The Balaban J connectivity index is 3.13. The Hall–Kier alpha value is -1.24. The van der Waals surface area contributed by atoms with Gasteiger partial charge < -0.3 is 15.5 Å². The Morgan fingerprint density at radius 2 is 1.93 bits per heavy atom. The number of nitrogens with two attached hydrogens (primary N) is 1. The average Bonchev–Trinajstić information content (AvgIpc) is 2.10. The molecule has 0 aromatic heterocycles. The van der Waals surface area contributed by atoms with Crippen LogP contribution in [0.3, 0.4) is 0 Å². The lowest BCUT2D eigenvalue weighted by Gasteiger charge is -2.46. The zero-order valence-corrected chi connectivity index (χ0v) is 8.43. The topological polar surface area (TPSA) is 49.6 Å². The molecule has 1 rings (SSSR count). The highest BCUT2D eigenvalue weighted by molar-refractivity contribution is 5.78. The van der Waals surface area contributed by atoms with E-state index in [1.165, 1.54) is 7.05 Å². The fraction of sp³-hybridized carbons (Fsp3) is 0.625. The van der Waals surface area contributed by atoms with Crippen molar-refractivity contribution in [3.05, 3.63) is 12.3 Å². The van der Waals surface area contributed by atoms with Gasteiger partial charge in [0, 0.05) is 26.2 Å². The lowest BCUT2D eigenvalue weighted by molar-refractivity contribution is -0.223. The molecule has 2 amide bonds. The van der Waals surface area contributed by atoms with E-state index in [0.717, 1.165) is 11.9 Å². The summed E-state index contributed by atoms with van der Waals surface area (Å²) >= 11 is 0. The molecule has 4 nitrogen and oxygen atoms in total. The highest BCUT2D eigenvalue weighted by Crippen LogP contribution is 2.38. The summed E-state index contributed by atoms with van der Waals surface area (Å²) in [5.74, 6) is 0. The van der Waals surface area contributed by atoms with Crippen LogP contribution in [0.5, 0.6) is 0 Å². The Bertz CT molecular complexity index is 315. The van der Waals surface area contributed by atoms with Gasteiger partial charge in [0.05, 0.1) is 0 Å². The summed E-state index contributed by atoms with van der Waals surface area (Å²) < 4.78 is 38.0. The van der Waals surface area contributed by atoms with Crippen LogP contribution in [0.2, 0.25) is 0 Å². The molecule has 15 heavy (non-hydrogen) atoms. The van der Waals surface area contributed by atoms with Gasteiger partial charge in [0.25, 0.3) is 0 Å². The van der Waals surface area contributed by atoms with Crippen molar-refractivity contribution in [2.45, 2.75) is 18.3 Å². The van der Waals surface area contributed by atoms with E-state index in [1.54, 1.807) is 0 Å². The second-order valence-corrected chi connectivity index (χ2v) is 3.57. The molecule has 1 saturated heterocycles. The molecule has 0 saturated carbocycles. The number of alkyl halides is 3. The van der Waals surface area contributed by atoms with E-state index in [-0.39, 0.29) is 5.70 Å². The zero-order chi connectivity index (χ0) is 12.0. The van der Waals surface area contributed by atoms with Crippen molar-refractivity contribution < 1.29 is 18.0 Å². The number of hydrogen-bond acceptors (Lipinski definition) is 2. The molecule has 1 fully saturated rings. The summed E-state index contributed by atoms with van der Waals surface area (Å²) in [7, 11) is 2.38. The Morgan fingerprint density at radius 3 is 2.33 bits per heavy atom. The molecule has 86 valence electrons. The van der Waals surface area contributed by atoms with Gasteiger partial charge in [0.15, 0.2) is 5.66 Å². The van der Waals surface area contributed by atoms with Crippen LogP contribution in [-0.4, -0.2) is 41.8 Å². The number of rotatable bonds is 0. The van der Waals surface area contributed by atoms with Crippen molar-refractivity contribution in [3.8, 4) is 0 Å². The fourth-order valence-corrected chi connectivity index (χ4v) is 1.37. The molecule has 1 heterocycles. The standard InChI is InChI=1S/C8H12F3N3O/c1-5-4-7(12,8(9,10)11)14(3)6(15)13(5)2/h1,4,12H2,2-3H3. The molecule has 7 heteroatoms. The molecule has 2 N–H and O–H groups in total. The SMILES string of the molecule is C=C1CC(N)(C(F)(F)F)N(C)C(=O)N1C. The maximum atomic E-state index is 12.7. The number of amides is 2. The second-order valence-electron chi connectivity index (χ2n) is 3.57. The first-order chi connectivity index (χ1) is 6.61. The number of halogens is 3. The number of carbonyl (C=O) groups excluding carboxylic acids is 1. The van der Waals surface area contributed by atoms with Crippen LogP contribution >= 0.6 is 0 Å². The van der Waals surface area contributed by atoms with Crippen molar-refractivity contribution in [3.63, 3.8) is 0 Å². The van der Waals surface area contributed by atoms with E-state index in [9.17, 15) is 18.0 Å². The number of urea groups is 1. The summed E-state index contributed by atoms with van der Waals surface area (Å²) in [4.78, 5) is 12.9. The quantitative estimate of drug-likeness (QED) is 0.668. The van der Waals surface area contributed by atoms with E-state index >= 15 is 0 Å². The van der Waals surface area contributed by atoms with E-state index in [2.05, 4.69) is 6.58 Å². The largest absolute Gasteiger partial charge is 0.425 e. The van der Waals surface area contributed by atoms with Gasteiger partial charge in [-0.25, -0.2) is 4.79 Å². The molecule has 0 aliphatic carbocycles. The van der Waals surface area contributed by atoms with E-state index in [4.69, 9.17) is 5.73 Å². The van der Waals surface area contributed by atoms with Gasteiger partial charge in [-0.1, -0.05) is 6.58 Å². The third-order valence-electron chi connectivity index (χ3n) is 2.61. The molecule has 0 bridgehead atoms. The first-order valence-corrected chi connectivity index (χ1v) is 4.16. The molecular formula is C8H12F3N3O. The summed E-state index contributed by atoms with van der Waals surface area (Å²) in [5.41, 5.74) is 2.61. The van der Waals surface area contributed by atoms with Gasteiger partial charge in [-0.2, -0.15) is 13.2 Å². The van der Waals surface area contributed by atoms with Gasteiger partial charge >= 0.3 is 12.2 Å². The molecule has 1 aliphatic rings. The first kappa shape index (κ1) is 11.8. The number of hydrogen-bond donors (Lipinski definition) is 1. The average molecular weight is 223 g/mol. The van der Waals surface area contributed by atoms with Crippen LogP contribution < -0.4 is 5.73 Å². The molecule has 0 aromatic rings. The Morgan fingerprint density at radius 1 is 1.47 bits per heavy atom. The lowest BCUT2D eigenvalue weighted by Crippen LogP contribution is -2.70. The monoisotopic (exact) mass is 223 g/mol. The van der Waals surface area contributed by atoms with Crippen molar-refractivity contribution in [1.29, 1.82) is 0 Å². The van der Waals surface area contributed by atoms with Crippen molar-refractivity contribution in [2.24, 2.45) is 5.73 Å². The fourth-order valence-electron chi connectivity index (χ4n) is 1.37. The molecule has 0 aromatic carbocycles. The summed E-state index contributed by atoms with van der Waals surface area (Å²) in [6.45, 7) is 3.39. The van der Waals surface area contributed by atoms with Crippen LogP contribution in [-0.2, 0) is 0 Å². The molecule has 1 unspecified atom stereocenters. The van der Waals surface area contributed by atoms with Crippen molar-refractivity contribution in [1.82, 2.24) is 9.80 Å². The van der Waals surface area contributed by atoms with Crippen molar-refractivity contribution in [2.75, 3.05) is 14.1 Å².